The number of hydrogen-bond donors (Lipinski definition) is 1. The van der Waals surface area contributed by atoms with Crippen LogP contribution < -0.4 is 55.6 Å². The maximum absolute atomic E-state index is 10.4. The van der Waals surface area contributed by atoms with E-state index in [-0.39, 0.29) is 62.9 Å². The Morgan fingerprint density at radius 3 is 2.41 bits per heavy atom. The first-order valence-corrected chi connectivity index (χ1v) is 5.67. The van der Waals surface area contributed by atoms with Gasteiger partial charge in [0, 0.05) is 5.39 Å². The largest absolute Gasteiger partial charge is 1.00 e. The monoisotopic (exact) mass is 278 g/mol. The van der Waals surface area contributed by atoms with Crippen molar-refractivity contribution in [1.82, 2.24) is 0 Å². The van der Waals surface area contributed by atoms with Crippen LogP contribution in [0.2, 0.25) is 0 Å². The minimum absolute atomic E-state index is 0. The second kappa shape index (κ2) is 5.66. The Morgan fingerprint density at radius 1 is 1.12 bits per heavy atom. The quantitative estimate of drug-likeness (QED) is 0.406. The van der Waals surface area contributed by atoms with Gasteiger partial charge in [-0.3, -0.25) is 0 Å². The normalized spacial score (nSPS) is 10.9. The van der Waals surface area contributed by atoms with Gasteiger partial charge in [0.2, 0.25) is 0 Å². The number of phenolic OH excluding ortho intramolecular Hbond substituents is 1. The second-order valence-corrected chi connectivity index (χ2v) is 4.11. The zero-order chi connectivity index (χ0) is 11.8. The van der Waals surface area contributed by atoms with Crippen LogP contribution in [0.3, 0.4) is 0 Å². The molecule has 0 heterocycles. The van der Waals surface area contributed by atoms with Gasteiger partial charge in [0.1, 0.15) is 0 Å². The predicted molar refractivity (Wildman–Crippen MR) is 55.9 cm³/mol. The van der Waals surface area contributed by atoms with E-state index in [1.54, 1.807) is 30.3 Å². The molecule has 0 radical (unpaired) electrons. The maximum Gasteiger partial charge on any atom is 1.00 e. The predicted octanol–water partition coefficient (Wildman–Crippen LogP) is -1.61. The summed E-state index contributed by atoms with van der Waals surface area (Å²) in [6.07, 6.45) is 0. The molecule has 0 saturated heterocycles. The molecule has 0 amide bonds. The van der Waals surface area contributed by atoms with Gasteiger partial charge in [-0.05, 0) is 11.5 Å². The van der Waals surface area contributed by atoms with Crippen LogP contribution in [0, 0.1) is 0 Å². The molecule has 0 saturated carbocycles. The molecule has 0 aliphatic heterocycles. The van der Waals surface area contributed by atoms with Crippen molar-refractivity contribution in [1.29, 1.82) is 0 Å². The number of fused-ring (bicyclic) bond motifs is 1. The van der Waals surface area contributed by atoms with Crippen LogP contribution in [0.15, 0.2) is 36.4 Å². The number of rotatable bonds is 2. The molecule has 1 N–H and O–H groups in total. The van der Waals surface area contributed by atoms with Crippen LogP contribution in [-0.4, -0.2) is 18.1 Å². The standard InChI is InChI=1S/C10H8O5S.K/c11-10-8-4-2-1-3-7(8)5-6-9(10)15-16(12,13)14;/h1-6,11H,(H,12,13,14);/q;+1/p-1. The Balaban J connectivity index is 0.00000144. The van der Waals surface area contributed by atoms with Crippen LogP contribution in [-0.2, 0) is 10.4 Å². The van der Waals surface area contributed by atoms with Gasteiger partial charge < -0.3 is 13.8 Å². The van der Waals surface area contributed by atoms with E-state index in [2.05, 4.69) is 4.18 Å². The molecule has 0 spiro atoms. The molecule has 0 aliphatic carbocycles. The van der Waals surface area contributed by atoms with Crippen molar-refractivity contribution in [2.75, 3.05) is 0 Å². The molecule has 0 atom stereocenters. The van der Waals surface area contributed by atoms with E-state index in [1.165, 1.54) is 6.07 Å². The fourth-order valence-corrected chi connectivity index (χ4v) is 1.77. The number of aromatic hydroxyl groups is 1. The summed E-state index contributed by atoms with van der Waals surface area (Å²) in [6, 6.07) is 9.56. The molecule has 7 heteroatoms. The molecule has 0 unspecified atom stereocenters. The Morgan fingerprint density at radius 2 is 1.76 bits per heavy atom. The SMILES string of the molecule is O=S(=O)([O-])Oc1ccc2ccccc2c1O.[K+]. The first kappa shape index (κ1) is 14.9. The first-order valence-electron chi connectivity index (χ1n) is 4.33. The molecule has 2 rings (SSSR count). The van der Waals surface area contributed by atoms with E-state index in [0.29, 0.717) is 5.39 Å². The van der Waals surface area contributed by atoms with Crippen molar-refractivity contribution in [2.45, 2.75) is 0 Å². The van der Waals surface area contributed by atoms with Gasteiger partial charge in [0.25, 0.3) is 10.4 Å². The van der Waals surface area contributed by atoms with Gasteiger partial charge in [0.05, 0.1) is 0 Å². The van der Waals surface area contributed by atoms with Crippen molar-refractivity contribution >= 4 is 21.2 Å². The molecule has 0 aliphatic rings. The van der Waals surface area contributed by atoms with Crippen molar-refractivity contribution in [3.05, 3.63) is 36.4 Å². The maximum atomic E-state index is 10.4. The van der Waals surface area contributed by atoms with Crippen LogP contribution in [0.25, 0.3) is 10.8 Å². The van der Waals surface area contributed by atoms with Gasteiger partial charge in [-0.25, -0.2) is 8.42 Å². The number of phenols is 1. The smallest absolute Gasteiger partial charge is 0.716 e. The van der Waals surface area contributed by atoms with E-state index in [0.717, 1.165) is 5.39 Å². The summed E-state index contributed by atoms with van der Waals surface area (Å²) in [6.45, 7) is 0. The van der Waals surface area contributed by atoms with Crippen LogP contribution in [0.5, 0.6) is 11.5 Å². The summed E-state index contributed by atoms with van der Waals surface area (Å²) in [5, 5.41) is 10.8. The van der Waals surface area contributed by atoms with Gasteiger partial charge in [0.15, 0.2) is 11.5 Å². The van der Waals surface area contributed by atoms with E-state index in [9.17, 15) is 18.1 Å². The van der Waals surface area contributed by atoms with E-state index >= 15 is 0 Å². The molecule has 2 aromatic rings. The Hall–Kier alpha value is -0.154. The summed E-state index contributed by atoms with van der Waals surface area (Å²) in [4.78, 5) is 0. The minimum Gasteiger partial charge on any atom is -0.716 e. The summed E-state index contributed by atoms with van der Waals surface area (Å²) in [5.41, 5.74) is 0. The van der Waals surface area contributed by atoms with Gasteiger partial charge in [-0.1, -0.05) is 30.3 Å². The third kappa shape index (κ3) is 3.65. The second-order valence-electron chi connectivity index (χ2n) is 3.13. The molecule has 17 heavy (non-hydrogen) atoms. The zero-order valence-corrected chi connectivity index (χ0v) is 12.9. The van der Waals surface area contributed by atoms with Crippen LogP contribution in [0.1, 0.15) is 0 Å². The van der Waals surface area contributed by atoms with Gasteiger partial charge in [-0.2, -0.15) is 0 Å². The fourth-order valence-electron chi connectivity index (χ4n) is 1.41. The van der Waals surface area contributed by atoms with Crippen molar-refractivity contribution in [3.8, 4) is 11.5 Å². The summed E-state index contributed by atoms with van der Waals surface area (Å²) < 4.78 is 35.3. The minimum atomic E-state index is -4.88. The number of benzene rings is 2. The van der Waals surface area contributed by atoms with Crippen LogP contribution >= 0.6 is 0 Å². The Kier molecular flexibility index (Phi) is 4.96. The molecular formula is C10H7KO5S. The molecule has 0 fully saturated rings. The Bertz CT molecular complexity index is 638. The summed E-state index contributed by atoms with van der Waals surface area (Å²) >= 11 is 0. The topological polar surface area (TPSA) is 86.7 Å². The van der Waals surface area contributed by atoms with E-state index < -0.39 is 10.4 Å². The third-order valence-electron chi connectivity index (χ3n) is 2.06. The molecular weight excluding hydrogens is 271 g/mol. The van der Waals surface area contributed by atoms with E-state index in [4.69, 9.17) is 0 Å². The first-order chi connectivity index (χ1) is 7.47. The number of hydrogen-bond acceptors (Lipinski definition) is 5. The van der Waals surface area contributed by atoms with E-state index in [1.807, 2.05) is 0 Å². The molecule has 5 nitrogen and oxygen atoms in total. The van der Waals surface area contributed by atoms with Crippen LogP contribution in [0.4, 0.5) is 0 Å². The Labute approximate surface area is 141 Å². The molecule has 2 aromatic carbocycles. The average Bonchev–Trinajstić information content (AvgIpc) is 2.21. The molecule has 84 valence electrons. The summed E-state index contributed by atoms with van der Waals surface area (Å²) in [7, 11) is -4.88. The van der Waals surface area contributed by atoms with Crippen molar-refractivity contribution < 1.29 is 73.6 Å². The summed E-state index contributed by atoms with van der Waals surface area (Å²) in [5.74, 6) is -0.730. The fraction of sp³-hybridized carbons (Fsp3) is 0. The third-order valence-corrected chi connectivity index (χ3v) is 2.44. The molecule has 0 bridgehead atoms. The van der Waals surface area contributed by atoms with Crippen molar-refractivity contribution in [2.24, 2.45) is 0 Å². The molecule has 0 aromatic heterocycles. The van der Waals surface area contributed by atoms with Gasteiger partial charge in [-0.15, -0.1) is 0 Å². The average molecular weight is 278 g/mol. The van der Waals surface area contributed by atoms with Crippen molar-refractivity contribution in [3.63, 3.8) is 0 Å². The zero-order valence-electron chi connectivity index (χ0n) is 8.95. The van der Waals surface area contributed by atoms with Gasteiger partial charge >= 0.3 is 51.4 Å².